The summed E-state index contributed by atoms with van der Waals surface area (Å²) < 4.78 is 0. The maximum absolute atomic E-state index is 14.4. The first kappa shape index (κ1) is 46.4. The molecule has 2 amide bonds. The number of unbranched alkanes of at least 4 members (excludes halogenated alkanes) is 18. The topological polar surface area (TPSA) is 74.8 Å². The van der Waals surface area contributed by atoms with Crippen molar-refractivity contribution < 1.29 is 19.2 Å². The summed E-state index contributed by atoms with van der Waals surface area (Å²) in [4.78, 5) is 58.2. The summed E-state index contributed by atoms with van der Waals surface area (Å²) in [5.74, 6) is -1.71. The van der Waals surface area contributed by atoms with E-state index >= 15 is 0 Å². The Morgan fingerprint density at radius 3 is 0.984 bits per heavy atom. The maximum Gasteiger partial charge on any atom is 0.228 e. The van der Waals surface area contributed by atoms with Crippen molar-refractivity contribution in [2.24, 2.45) is 0 Å². The Balaban J connectivity index is 1.11. The van der Waals surface area contributed by atoms with Crippen LogP contribution in [0.1, 0.15) is 188 Å². The summed E-state index contributed by atoms with van der Waals surface area (Å²) >= 11 is 0. The van der Waals surface area contributed by atoms with Crippen LogP contribution in [0.4, 0.5) is 11.4 Å². The van der Waals surface area contributed by atoms with Crippen molar-refractivity contribution in [2.75, 3.05) is 9.80 Å². The molecule has 62 heavy (non-hydrogen) atoms. The van der Waals surface area contributed by atoms with E-state index in [4.69, 9.17) is 0 Å². The zero-order chi connectivity index (χ0) is 43.8. The monoisotopic (exact) mass is 835 g/mol. The van der Waals surface area contributed by atoms with E-state index in [9.17, 15) is 19.2 Å². The summed E-state index contributed by atoms with van der Waals surface area (Å²) in [7, 11) is 0. The highest BCUT2D eigenvalue weighted by atomic mass is 16.2. The molecule has 0 saturated heterocycles. The third kappa shape index (κ3) is 11.7. The molecule has 2 heterocycles. The molecule has 0 aromatic heterocycles. The van der Waals surface area contributed by atoms with Crippen LogP contribution in [-0.4, -0.2) is 23.4 Å². The third-order valence-electron chi connectivity index (χ3n) is 12.9. The van der Waals surface area contributed by atoms with Crippen LogP contribution in [-0.2, 0) is 22.4 Å². The minimum atomic E-state index is -0.449. The lowest BCUT2D eigenvalue weighted by Gasteiger charge is -2.22. The number of Topliss-reactive ketones (excluding diaryl/α,β-unsaturated/α-hetero) is 2. The smallest absolute Gasteiger partial charge is 0.228 e. The first-order valence-electron chi connectivity index (χ1n) is 24.1. The van der Waals surface area contributed by atoms with Crippen LogP contribution in [0.2, 0.25) is 0 Å². The lowest BCUT2D eigenvalue weighted by Crippen LogP contribution is -2.34. The molecular weight excluding hydrogens is 765 g/mol. The lowest BCUT2D eigenvalue weighted by atomic mass is 9.97. The van der Waals surface area contributed by atoms with Crippen LogP contribution in [0.25, 0.3) is 22.3 Å². The van der Waals surface area contributed by atoms with Crippen molar-refractivity contribution in [2.45, 2.75) is 169 Å². The predicted molar refractivity (Wildman–Crippen MR) is 257 cm³/mol. The average molecular weight is 835 g/mol. The lowest BCUT2D eigenvalue weighted by molar-refractivity contribution is -0.117. The van der Waals surface area contributed by atoms with Crippen molar-refractivity contribution in [1.82, 2.24) is 0 Å². The van der Waals surface area contributed by atoms with Crippen LogP contribution in [0.15, 0.2) is 96.3 Å². The SMILES string of the molecule is CCCCCCCCCCCCc1ccc(-c2ccc3c(c2)C(=O)/C(=C2/C(=O)c4cc(-c5ccc(CCCCCCCCCCCC)cc5)ccc4N2C(C)=O)N3C(C)=O)cc1. The van der Waals surface area contributed by atoms with Crippen LogP contribution in [0.3, 0.4) is 0 Å². The molecule has 0 aliphatic carbocycles. The largest absolute Gasteiger partial charge is 0.287 e. The maximum atomic E-state index is 14.4. The number of aryl methyl sites for hydroxylation is 2. The van der Waals surface area contributed by atoms with Crippen molar-refractivity contribution in [1.29, 1.82) is 0 Å². The number of rotatable bonds is 24. The summed E-state index contributed by atoms with van der Waals surface area (Å²) in [5, 5.41) is 0. The molecule has 0 fully saturated rings. The zero-order valence-electron chi connectivity index (χ0n) is 38.2. The third-order valence-corrected chi connectivity index (χ3v) is 12.9. The molecule has 4 aromatic carbocycles. The van der Waals surface area contributed by atoms with E-state index in [0.29, 0.717) is 22.5 Å². The summed E-state index contributed by atoms with van der Waals surface area (Å²) in [6.07, 6.45) is 28.4. The second-order valence-corrected chi connectivity index (χ2v) is 17.8. The van der Waals surface area contributed by atoms with Gasteiger partial charge in [-0.05, 0) is 83.3 Å². The van der Waals surface area contributed by atoms with Gasteiger partial charge in [0.15, 0.2) is 0 Å². The number of hydrogen-bond acceptors (Lipinski definition) is 4. The number of anilines is 2. The van der Waals surface area contributed by atoms with Crippen LogP contribution in [0, 0.1) is 0 Å². The number of hydrogen-bond donors (Lipinski definition) is 0. The molecule has 0 atom stereocenters. The Hall–Kier alpha value is -5.10. The molecule has 0 bridgehead atoms. The number of nitrogens with zero attached hydrogens (tertiary/aromatic N) is 2. The average Bonchev–Trinajstić information content (AvgIpc) is 3.74. The van der Waals surface area contributed by atoms with Crippen molar-refractivity contribution >= 4 is 34.8 Å². The minimum Gasteiger partial charge on any atom is -0.287 e. The van der Waals surface area contributed by atoms with Gasteiger partial charge >= 0.3 is 0 Å². The van der Waals surface area contributed by atoms with Gasteiger partial charge in [-0.1, -0.05) is 190 Å². The number of fused-ring (bicyclic) bond motifs is 2. The van der Waals surface area contributed by atoms with E-state index in [2.05, 4.69) is 62.4 Å². The number of carbonyl (C=O) groups excluding carboxylic acids is 4. The van der Waals surface area contributed by atoms with Crippen molar-refractivity contribution in [3.63, 3.8) is 0 Å². The molecule has 6 heteroatoms. The van der Waals surface area contributed by atoms with Crippen LogP contribution < -0.4 is 9.80 Å². The Morgan fingerprint density at radius 1 is 0.387 bits per heavy atom. The highest BCUT2D eigenvalue weighted by molar-refractivity contribution is 6.34. The Labute approximate surface area is 372 Å². The molecule has 0 saturated carbocycles. The molecule has 0 N–H and O–H groups in total. The van der Waals surface area contributed by atoms with E-state index < -0.39 is 23.4 Å². The molecule has 328 valence electrons. The normalized spacial score (nSPS) is 14.5. The number of ketones is 2. The van der Waals surface area contributed by atoms with Gasteiger partial charge in [0.05, 0.1) is 11.4 Å². The van der Waals surface area contributed by atoms with E-state index in [-0.39, 0.29) is 11.4 Å². The number of allylic oxidation sites excluding steroid dienone is 2. The highest BCUT2D eigenvalue weighted by Gasteiger charge is 2.45. The fourth-order valence-electron chi connectivity index (χ4n) is 9.33. The Kier molecular flexibility index (Phi) is 17.5. The number of benzene rings is 4. The molecule has 4 aromatic rings. The van der Waals surface area contributed by atoms with Crippen LogP contribution in [0.5, 0.6) is 0 Å². The van der Waals surface area contributed by atoms with E-state index in [1.807, 2.05) is 12.1 Å². The predicted octanol–water partition coefficient (Wildman–Crippen LogP) is 15.0. The van der Waals surface area contributed by atoms with Gasteiger partial charge in [0.2, 0.25) is 23.4 Å². The van der Waals surface area contributed by atoms with Gasteiger partial charge in [-0.25, -0.2) is 0 Å². The van der Waals surface area contributed by atoms with Crippen molar-refractivity contribution in [3.05, 3.63) is 119 Å². The summed E-state index contributed by atoms with van der Waals surface area (Å²) in [5.41, 5.74) is 7.56. The molecule has 2 aliphatic rings. The van der Waals surface area contributed by atoms with E-state index in [1.165, 1.54) is 163 Å². The molecule has 6 rings (SSSR count). The quantitative estimate of drug-likeness (QED) is 0.0520. The van der Waals surface area contributed by atoms with Crippen LogP contribution >= 0.6 is 0 Å². The molecule has 6 nitrogen and oxygen atoms in total. The molecule has 0 unspecified atom stereocenters. The van der Waals surface area contributed by atoms with Gasteiger partial charge in [-0.15, -0.1) is 0 Å². The summed E-state index contributed by atoms with van der Waals surface area (Å²) in [6, 6.07) is 28.0. The van der Waals surface area contributed by atoms with Gasteiger partial charge in [-0.2, -0.15) is 0 Å². The Morgan fingerprint density at radius 2 is 0.677 bits per heavy atom. The fraction of sp³-hybridized carbons (Fsp3) is 0.464. The molecular formula is C56H70N2O4. The standard InChI is InChI=1S/C56H70N2O4/c1-5-7-9-11-13-15-17-19-21-23-25-43-27-31-45(32-28-43)47-35-37-51-49(39-47)55(61)53(57(51)41(3)59)54-56(62)50-40-48(36-38-52(50)58(54)42(4)60)46-33-29-44(30-34-46)26-24-22-20-18-16-14-12-10-8-6-2/h27-40H,5-26H2,1-4H3/b54-53+. The summed E-state index contributed by atoms with van der Waals surface area (Å²) in [6.45, 7) is 7.29. The van der Waals surface area contributed by atoms with E-state index in [1.54, 1.807) is 24.3 Å². The number of carbonyl (C=O) groups is 4. The Bertz CT molecular complexity index is 2030. The fourth-order valence-corrected chi connectivity index (χ4v) is 9.33. The van der Waals surface area contributed by atoms with Gasteiger partial charge < -0.3 is 0 Å². The molecule has 2 aliphatic heterocycles. The highest BCUT2D eigenvalue weighted by Crippen LogP contribution is 2.45. The minimum absolute atomic E-state index is 0.0780. The van der Waals surface area contributed by atoms with Crippen molar-refractivity contribution in [3.8, 4) is 22.3 Å². The number of amides is 2. The molecule has 0 spiro atoms. The van der Waals surface area contributed by atoms with Gasteiger partial charge in [0, 0.05) is 25.0 Å². The first-order chi connectivity index (χ1) is 30.2. The van der Waals surface area contributed by atoms with Gasteiger partial charge in [0.25, 0.3) is 0 Å². The van der Waals surface area contributed by atoms with E-state index in [0.717, 1.165) is 35.1 Å². The zero-order valence-corrected chi connectivity index (χ0v) is 38.2. The second kappa shape index (κ2) is 23.4. The first-order valence-corrected chi connectivity index (χ1v) is 24.1. The molecule has 0 radical (unpaired) electrons. The van der Waals surface area contributed by atoms with Gasteiger partial charge in [-0.3, -0.25) is 29.0 Å². The second-order valence-electron chi connectivity index (χ2n) is 17.8. The van der Waals surface area contributed by atoms with Gasteiger partial charge in [0.1, 0.15) is 11.4 Å².